The molecular formula is C23H26N4OS. The first-order valence-electron chi connectivity index (χ1n) is 10.1. The number of aromatic nitrogens is 1. The Kier molecular flexibility index (Phi) is 6.22. The van der Waals surface area contributed by atoms with E-state index in [1.54, 1.807) is 11.3 Å². The highest BCUT2D eigenvalue weighted by molar-refractivity contribution is 7.14. The summed E-state index contributed by atoms with van der Waals surface area (Å²) in [7, 11) is 0. The zero-order valence-corrected chi connectivity index (χ0v) is 17.5. The van der Waals surface area contributed by atoms with Crippen LogP contribution in [0.5, 0.6) is 0 Å². The Bertz CT molecular complexity index is 933. The van der Waals surface area contributed by atoms with E-state index in [2.05, 4.69) is 46.8 Å². The molecule has 2 heterocycles. The van der Waals surface area contributed by atoms with E-state index in [4.69, 9.17) is 4.98 Å². The van der Waals surface area contributed by atoms with Gasteiger partial charge < -0.3 is 15.1 Å². The minimum atomic E-state index is 0.123. The van der Waals surface area contributed by atoms with Crippen LogP contribution >= 0.6 is 11.3 Å². The fourth-order valence-corrected chi connectivity index (χ4v) is 4.39. The number of carbonyl (C=O) groups is 1. The summed E-state index contributed by atoms with van der Waals surface area (Å²) in [6, 6.07) is 18.3. The molecule has 0 unspecified atom stereocenters. The third kappa shape index (κ3) is 4.66. The third-order valence-corrected chi connectivity index (χ3v) is 6.09. The zero-order chi connectivity index (χ0) is 20.1. The van der Waals surface area contributed by atoms with Crippen molar-refractivity contribution in [2.75, 3.05) is 37.6 Å². The fourth-order valence-electron chi connectivity index (χ4n) is 3.49. The molecule has 1 aromatic heterocycles. The van der Waals surface area contributed by atoms with Crippen LogP contribution in [0.1, 0.15) is 22.8 Å². The van der Waals surface area contributed by atoms with Gasteiger partial charge >= 0.3 is 0 Å². The van der Waals surface area contributed by atoms with Crippen molar-refractivity contribution in [1.29, 1.82) is 0 Å². The molecule has 4 rings (SSSR count). The van der Waals surface area contributed by atoms with E-state index in [0.717, 1.165) is 61.2 Å². The molecule has 3 aromatic rings. The van der Waals surface area contributed by atoms with Crippen LogP contribution in [0.3, 0.4) is 0 Å². The highest BCUT2D eigenvalue weighted by Crippen LogP contribution is 2.28. The molecule has 6 heteroatoms. The molecule has 0 bridgehead atoms. The Morgan fingerprint density at radius 3 is 2.52 bits per heavy atom. The smallest absolute Gasteiger partial charge is 0.253 e. The van der Waals surface area contributed by atoms with Crippen LogP contribution in [0.4, 0.5) is 5.13 Å². The normalized spacial score (nSPS) is 14.0. The van der Waals surface area contributed by atoms with Gasteiger partial charge in [-0.15, -0.1) is 11.3 Å². The molecule has 1 saturated heterocycles. The van der Waals surface area contributed by atoms with Gasteiger partial charge in [0.1, 0.15) is 0 Å². The van der Waals surface area contributed by atoms with Gasteiger partial charge in [0.25, 0.3) is 5.91 Å². The van der Waals surface area contributed by atoms with Crippen LogP contribution in [0, 0.1) is 0 Å². The van der Waals surface area contributed by atoms with E-state index in [0.29, 0.717) is 0 Å². The zero-order valence-electron chi connectivity index (χ0n) is 16.7. The van der Waals surface area contributed by atoms with Gasteiger partial charge in [-0.25, -0.2) is 4.98 Å². The highest BCUT2D eigenvalue weighted by atomic mass is 32.1. The number of nitrogens with one attached hydrogen (secondary N) is 1. The Labute approximate surface area is 176 Å². The van der Waals surface area contributed by atoms with Gasteiger partial charge in [0.15, 0.2) is 5.13 Å². The molecule has 0 aliphatic carbocycles. The maximum atomic E-state index is 12.6. The van der Waals surface area contributed by atoms with Crippen LogP contribution in [-0.2, 0) is 6.54 Å². The SMILES string of the molecule is CCN(Cc1ccc(C(=O)N2CCNCC2)cc1)c1nc(-c2ccccc2)cs1. The van der Waals surface area contributed by atoms with Crippen LogP contribution < -0.4 is 10.2 Å². The maximum absolute atomic E-state index is 12.6. The van der Waals surface area contributed by atoms with E-state index in [-0.39, 0.29) is 5.91 Å². The molecule has 0 atom stereocenters. The summed E-state index contributed by atoms with van der Waals surface area (Å²) in [5.41, 5.74) is 4.10. The summed E-state index contributed by atoms with van der Waals surface area (Å²) in [6.07, 6.45) is 0. The van der Waals surface area contributed by atoms with Crippen molar-refractivity contribution < 1.29 is 4.79 Å². The number of nitrogens with zero attached hydrogens (tertiary/aromatic N) is 3. The summed E-state index contributed by atoms with van der Waals surface area (Å²) in [4.78, 5) is 21.6. The summed E-state index contributed by atoms with van der Waals surface area (Å²) in [6.45, 7) is 7.09. The van der Waals surface area contributed by atoms with E-state index in [1.165, 1.54) is 5.56 Å². The van der Waals surface area contributed by atoms with Crippen LogP contribution in [-0.4, -0.2) is 48.5 Å². The number of amides is 1. The van der Waals surface area contributed by atoms with Crippen LogP contribution in [0.25, 0.3) is 11.3 Å². The standard InChI is InChI=1S/C23H26N4OS/c1-2-26(23-25-21(17-29-23)19-6-4-3-5-7-19)16-18-8-10-20(11-9-18)22(28)27-14-12-24-13-15-27/h3-11,17,24H,2,12-16H2,1H3. The van der Waals surface area contributed by atoms with Crippen LogP contribution in [0.2, 0.25) is 0 Å². The van der Waals surface area contributed by atoms with E-state index >= 15 is 0 Å². The third-order valence-electron chi connectivity index (χ3n) is 5.19. The molecule has 150 valence electrons. The van der Waals surface area contributed by atoms with Gasteiger partial charge in [-0.3, -0.25) is 4.79 Å². The minimum Gasteiger partial charge on any atom is -0.344 e. The molecule has 1 fully saturated rings. The molecule has 0 spiro atoms. The van der Waals surface area contributed by atoms with Crippen molar-refractivity contribution in [3.63, 3.8) is 0 Å². The molecule has 2 aromatic carbocycles. The number of carbonyl (C=O) groups excluding carboxylic acids is 1. The van der Waals surface area contributed by atoms with Gasteiger partial charge in [-0.1, -0.05) is 42.5 Å². The molecule has 1 amide bonds. The topological polar surface area (TPSA) is 48.5 Å². The maximum Gasteiger partial charge on any atom is 0.253 e. The number of anilines is 1. The van der Waals surface area contributed by atoms with Crippen molar-refractivity contribution in [2.24, 2.45) is 0 Å². The number of rotatable bonds is 6. The number of piperazine rings is 1. The lowest BCUT2D eigenvalue weighted by Crippen LogP contribution is -2.46. The Balaban J connectivity index is 1.43. The molecule has 29 heavy (non-hydrogen) atoms. The fraction of sp³-hybridized carbons (Fsp3) is 0.304. The van der Waals surface area contributed by atoms with Gasteiger partial charge in [-0.05, 0) is 24.6 Å². The Morgan fingerprint density at radius 2 is 1.83 bits per heavy atom. The van der Waals surface area contributed by atoms with Crippen LogP contribution in [0.15, 0.2) is 60.0 Å². The second-order valence-electron chi connectivity index (χ2n) is 7.13. The van der Waals surface area contributed by atoms with Crippen molar-refractivity contribution in [3.05, 3.63) is 71.1 Å². The predicted molar refractivity (Wildman–Crippen MR) is 119 cm³/mol. The van der Waals surface area contributed by atoms with Gasteiger partial charge in [0.2, 0.25) is 0 Å². The summed E-state index contributed by atoms with van der Waals surface area (Å²) in [5.74, 6) is 0.123. The van der Waals surface area contributed by atoms with E-state index < -0.39 is 0 Å². The average Bonchev–Trinajstić information content (AvgIpc) is 3.29. The lowest BCUT2D eigenvalue weighted by Gasteiger charge is -2.27. The quantitative estimate of drug-likeness (QED) is 0.675. The lowest BCUT2D eigenvalue weighted by atomic mass is 10.1. The molecule has 1 aliphatic rings. The number of hydrogen-bond acceptors (Lipinski definition) is 5. The first-order valence-corrected chi connectivity index (χ1v) is 11.0. The molecule has 1 N–H and O–H groups in total. The number of hydrogen-bond donors (Lipinski definition) is 1. The molecule has 5 nitrogen and oxygen atoms in total. The predicted octanol–water partition coefficient (Wildman–Crippen LogP) is 3.88. The summed E-state index contributed by atoms with van der Waals surface area (Å²) < 4.78 is 0. The average molecular weight is 407 g/mol. The molecule has 1 aliphatic heterocycles. The van der Waals surface area contributed by atoms with Crippen molar-refractivity contribution in [3.8, 4) is 11.3 Å². The van der Waals surface area contributed by atoms with Crippen molar-refractivity contribution in [2.45, 2.75) is 13.5 Å². The minimum absolute atomic E-state index is 0.123. The first kappa shape index (κ1) is 19.6. The first-order chi connectivity index (χ1) is 14.2. The van der Waals surface area contributed by atoms with Gasteiger partial charge in [-0.2, -0.15) is 0 Å². The molecule has 0 saturated carbocycles. The summed E-state index contributed by atoms with van der Waals surface area (Å²) in [5, 5.41) is 6.42. The largest absolute Gasteiger partial charge is 0.344 e. The van der Waals surface area contributed by atoms with Crippen molar-refractivity contribution in [1.82, 2.24) is 15.2 Å². The lowest BCUT2D eigenvalue weighted by molar-refractivity contribution is 0.0736. The number of thiazole rings is 1. The summed E-state index contributed by atoms with van der Waals surface area (Å²) >= 11 is 1.67. The number of benzene rings is 2. The van der Waals surface area contributed by atoms with Crippen molar-refractivity contribution >= 4 is 22.4 Å². The molecule has 0 radical (unpaired) electrons. The highest BCUT2D eigenvalue weighted by Gasteiger charge is 2.18. The van der Waals surface area contributed by atoms with Gasteiger partial charge in [0, 0.05) is 55.8 Å². The Hall–Kier alpha value is -2.70. The monoisotopic (exact) mass is 406 g/mol. The molecular weight excluding hydrogens is 380 g/mol. The Morgan fingerprint density at radius 1 is 1.10 bits per heavy atom. The van der Waals surface area contributed by atoms with E-state index in [9.17, 15) is 4.79 Å². The second-order valence-corrected chi connectivity index (χ2v) is 7.97. The second kappa shape index (κ2) is 9.20. The van der Waals surface area contributed by atoms with E-state index in [1.807, 2.05) is 35.2 Å². The van der Waals surface area contributed by atoms with Gasteiger partial charge in [0.05, 0.1) is 5.69 Å².